The van der Waals surface area contributed by atoms with Gasteiger partial charge in [0.1, 0.15) is 17.1 Å². The van der Waals surface area contributed by atoms with Crippen LogP contribution in [0.2, 0.25) is 5.02 Å². The molecule has 0 radical (unpaired) electrons. The maximum atomic E-state index is 13.3. The molecule has 0 spiro atoms. The number of methoxy groups -OCH3 is 3. The minimum atomic E-state index is -4.06. The van der Waals surface area contributed by atoms with E-state index in [1.165, 1.54) is 40.6 Å². The highest BCUT2D eigenvalue weighted by Gasteiger charge is 2.35. The van der Waals surface area contributed by atoms with Crippen LogP contribution in [0.15, 0.2) is 28.9 Å². The largest absolute Gasteiger partial charge is 0.458 e. The lowest BCUT2D eigenvalue weighted by Crippen LogP contribution is -2.34. The molecular weight excluding hydrogens is 488 g/mol. The number of aromatic nitrogens is 5. The first-order valence-corrected chi connectivity index (χ1v) is 12.2. The van der Waals surface area contributed by atoms with Crippen molar-refractivity contribution in [3.63, 3.8) is 0 Å². The van der Waals surface area contributed by atoms with Crippen molar-refractivity contribution >= 4 is 27.6 Å². The van der Waals surface area contributed by atoms with Crippen molar-refractivity contribution < 1.29 is 27.0 Å². The van der Waals surface area contributed by atoms with Gasteiger partial charge < -0.3 is 18.6 Å². The van der Waals surface area contributed by atoms with Gasteiger partial charge in [-0.05, 0) is 26.0 Å². The van der Waals surface area contributed by atoms with E-state index >= 15 is 0 Å². The first-order valence-electron chi connectivity index (χ1n) is 10.2. The Kier molecular flexibility index (Phi) is 8.60. The maximum Gasteiger partial charge on any atom is 0.240 e. The molecule has 0 aliphatic carbocycles. The van der Waals surface area contributed by atoms with Gasteiger partial charge in [-0.15, -0.1) is 10.2 Å². The van der Waals surface area contributed by atoms with E-state index in [2.05, 4.69) is 24.9 Å². The molecule has 0 saturated carbocycles. The van der Waals surface area contributed by atoms with Crippen LogP contribution in [0, 0.1) is 6.92 Å². The molecule has 0 unspecified atom stereocenters. The number of hydrogen-bond donors (Lipinski definition) is 1. The van der Waals surface area contributed by atoms with E-state index in [1.807, 2.05) is 0 Å². The molecule has 3 heterocycles. The monoisotopic (exact) mass is 514 g/mol. The number of anilines is 1. The highest BCUT2D eigenvalue weighted by molar-refractivity contribution is 7.93. The molecule has 1 N–H and O–H groups in total. The quantitative estimate of drug-likeness (QED) is 0.383. The summed E-state index contributed by atoms with van der Waals surface area (Å²) in [5.74, 6) is 1.56. The van der Waals surface area contributed by atoms with Crippen LogP contribution in [0.3, 0.4) is 0 Å². The van der Waals surface area contributed by atoms with Crippen LogP contribution in [-0.2, 0) is 24.2 Å². The van der Waals surface area contributed by atoms with Crippen LogP contribution >= 0.6 is 11.6 Å². The minimum absolute atomic E-state index is 0.0260. The molecule has 186 valence electrons. The second kappa shape index (κ2) is 11.2. The van der Waals surface area contributed by atoms with Gasteiger partial charge in [0.05, 0.1) is 24.3 Å². The van der Waals surface area contributed by atoms with Crippen molar-refractivity contribution in [2.24, 2.45) is 0 Å². The smallest absolute Gasteiger partial charge is 0.240 e. The number of halogens is 1. The van der Waals surface area contributed by atoms with Gasteiger partial charge >= 0.3 is 0 Å². The van der Waals surface area contributed by atoms with Crippen LogP contribution in [0.4, 0.5) is 5.95 Å². The molecule has 2 atom stereocenters. The SMILES string of the molecule is COCC(COC)n1c(NS(=O)(=O)[C@@H](C)[C@H](OC)c2ncc(Cl)cn2)nnc1-c1ccc(C)o1. The van der Waals surface area contributed by atoms with Crippen LogP contribution in [-0.4, -0.2) is 72.9 Å². The van der Waals surface area contributed by atoms with Crippen molar-refractivity contribution in [2.75, 3.05) is 39.3 Å². The van der Waals surface area contributed by atoms with Crippen LogP contribution in [0.1, 0.15) is 30.7 Å². The fraction of sp³-hybridized carbons (Fsp3) is 0.500. The lowest BCUT2D eigenvalue weighted by molar-refractivity contribution is 0.0906. The Morgan fingerprint density at radius 2 is 1.76 bits per heavy atom. The van der Waals surface area contributed by atoms with E-state index in [0.29, 0.717) is 22.4 Å². The van der Waals surface area contributed by atoms with Crippen LogP contribution in [0.5, 0.6) is 0 Å². The third-order valence-electron chi connectivity index (χ3n) is 5.04. The molecule has 12 nitrogen and oxygen atoms in total. The molecule has 3 aromatic heterocycles. The highest BCUT2D eigenvalue weighted by atomic mass is 35.5. The normalized spacial score (nSPS) is 13.9. The van der Waals surface area contributed by atoms with Gasteiger partial charge in [0.15, 0.2) is 11.6 Å². The Morgan fingerprint density at radius 1 is 1.12 bits per heavy atom. The van der Waals surface area contributed by atoms with E-state index in [9.17, 15) is 8.42 Å². The molecule has 0 aromatic carbocycles. The van der Waals surface area contributed by atoms with Crippen LogP contribution < -0.4 is 4.72 Å². The predicted octanol–water partition coefficient (Wildman–Crippen LogP) is 2.64. The van der Waals surface area contributed by atoms with E-state index in [1.54, 1.807) is 23.6 Å². The summed E-state index contributed by atoms with van der Waals surface area (Å²) in [7, 11) is 0.386. The number of rotatable bonds is 12. The summed E-state index contributed by atoms with van der Waals surface area (Å²) in [6.07, 6.45) is 1.78. The third-order valence-corrected chi connectivity index (χ3v) is 6.93. The molecule has 0 bridgehead atoms. The van der Waals surface area contributed by atoms with E-state index in [0.717, 1.165) is 0 Å². The average Bonchev–Trinajstić information content (AvgIpc) is 3.41. The van der Waals surface area contributed by atoms with Gasteiger partial charge in [-0.2, -0.15) is 0 Å². The number of aryl methyl sites for hydroxylation is 1. The van der Waals surface area contributed by atoms with Gasteiger partial charge in [0, 0.05) is 33.7 Å². The summed E-state index contributed by atoms with van der Waals surface area (Å²) in [5, 5.41) is 7.49. The molecule has 0 aliphatic heterocycles. The zero-order chi connectivity index (χ0) is 24.9. The second-order valence-corrected chi connectivity index (χ2v) is 9.93. The Morgan fingerprint density at radius 3 is 2.29 bits per heavy atom. The molecule has 3 rings (SSSR count). The lowest BCUT2D eigenvalue weighted by Gasteiger charge is -2.24. The predicted molar refractivity (Wildman–Crippen MR) is 124 cm³/mol. The lowest BCUT2D eigenvalue weighted by atomic mass is 10.2. The van der Waals surface area contributed by atoms with Gasteiger partial charge in [0.25, 0.3) is 0 Å². The van der Waals surface area contributed by atoms with Gasteiger partial charge in [-0.3, -0.25) is 9.29 Å². The number of hydrogen-bond acceptors (Lipinski definition) is 10. The topological polar surface area (TPSA) is 143 Å². The van der Waals surface area contributed by atoms with Crippen LogP contribution in [0.25, 0.3) is 11.6 Å². The average molecular weight is 515 g/mol. The summed E-state index contributed by atoms with van der Waals surface area (Å²) in [6, 6.07) is 3.06. The summed E-state index contributed by atoms with van der Waals surface area (Å²) in [4.78, 5) is 8.19. The standard InChI is InChI=1S/C20H27ClN6O6S/c1-12-6-7-16(33-12)19-24-25-20(27(19)15(10-30-3)11-31-4)26-34(28,29)13(2)17(32-5)18-22-8-14(21)9-23-18/h6-9,13,15,17H,10-11H2,1-5H3,(H,25,26)/t13-,17-/m0/s1. The van der Waals surface area contributed by atoms with Crippen molar-refractivity contribution in [3.8, 4) is 11.6 Å². The summed E-state index contributed by atoms with van der Waals surface area (Å²) in [5.41, 5.74) is 0. The highest BCUT2D eigenvalue weighted by Crippen LogP contribution is 2.30. The summed E-state index contributed by atoms with van der Waals surface area (Å²) in [6.45, 7) is 3.69. The Labute approximate surface area is 202 Å². The molecule has 14 heteroatoms. The molecule has 3 aromatic rings. The van der Waals surface area contributed by atoms with E-state index in [4.69, 9.17) is 30.2 Å². The minimum Gasteiger partial charge on any atom is -0.458 e. The maximum absolute atomic E-state index is 13.3. The first kappa shape index (κ1) is 26.0. The number of nitrogens with one attached hydrogen (secondary N) is 1. The van der Waals surface area contributed by atoms with Gasteiger partial charge in [-0.1, -0.05) is 11.6 Å². The molecule has 0 amide bonds. The molecule has 0 fully saturated rings. The molecule has 34 heavy (non-hydrogen) atoms. The zero-order valence-corrected chi connectivity index (χ0v) is 21.0. The molecule has 0 aliphatic rings. The first-order chi connectivity index (χ1) is 16.2. The van der Waals surface area contributed by atoms with E-state index < -0.39 is 27.4 Å². The Hall–Kier alpha value is -2.58. The fourth-order valence-electron chi connectivity index (χ4n) is 3.37. The Balaban J connectivity index is 1.99. The zero-order valence-electron chi connectivity index (χ0n) is 19.4. The third kappa shape index (κ3) is 5.73. The summed E-state index contributed by atoms with van der Waals surface area (Å²) >= 11 is 5.85. The van der Waals surface area contributed by atoms with Crippen molar-refractivity contribution in [1.29, 1.82) is 0 Å². The second-order valence-electron chi connectivity index (χ2n) is 7.46. The molecular formula is C20H27ClN6O6S. The number of furan rings is 1. The summed E-state index contributed by atoms with van der Waals surface area (Å²) < 4.78 is 52.5. The van der Waals surface area contributed by atoms with Crippen molar-refractivity contribution in [3.05, 3.63) is 41.1 Å². The van der Waals surface area contributed by atoms with Crippen molar-refractivity contribution in [2.45, 2.75) is 31.2 Å². The van der Waals surface area contributed by atoms with Gasteiger partial charge in [-0.25, -0.2) is 18.4 Å². The fourth-order valence-corrected chi connectivity index (χ4v) is 4.61. The number of nitrogens with zero attached hydrogens (tertiary/aromatic N) is 5. The number of sulfonamides is 1. The van der Waals surface area contributed by atoms with Crippen molar-refractivity contribution in [1.82, 2.24) is 24.7 Å². The Bertz CT molecular complexity index is 1180. The number of ether oxygens (including phenoxy) is 3. The van der Waals surface area contributed by atoms with Gasteiger partial charge in [0.2, 0.25) is 21.8 Å². The molecule has 0 saturated heterocycles. The van der Waals surface area contributed by atoms with E-state index in [-0.39, 0.29) is 25.0 Å².